The van der Waals surface area contributed by atoms with Crippen LogP contribution in [-0.4, -0.2) is 5.78 Å². The Morgan fingerprint density at radius 1 is 1.14 bits per heavy atom. The van der Waals surface area contributed by atoms with Gasteiger partial charge in [0.15, 0.2) is 5.78 Å². The van der Waals surface area contributed by atoms with Crippen LogP contribution in [0.4, 0.5) is 0 Å². The Morgan fingerprint density at radius 3 is 2.76 bits per heavy atom. The zero-order chi connectivity index (χ0) is 14.7. The highest BCUT2D eigenvalue weighted by molar-refractivity contribution is 6.30. The van der Waals surface area contributed by atoms with Crippen molar-refractivity contribution in [2.24, 2.45) is 0 Å². The molecule has 21 heavy (non-hydrogen) atoms. The lowest BCUT2D eigenvalue weighted by Gasteiger charge is -2.18. The van der Waals surface area contributed by atoms with E-state index in [4.69, 9.17) is 16.3 Å². The molecule has 2 nitrogen and oxygen atoms in total. The molecule has 0 radical (unpaired) electrons. The predicted octanol–water partition coefficient (Wildman–Crippen LogP) is 4.74. The van der Waals surface area contributed by atoms with Crippen molar-refractivity contribution in [3.8, 4) is 0 Å². The second-order valence-corrected chi connectivity index (χ2v) is 5.46. The van der Waals surface area contributed by atoms with E-state index < -0.39 is 0 Å². The van der Waals surface area contributed by atoms with Crippen molar-refractivity contribution < 1.29 is 9.53 Å². The lowest BCUT2D eigenvalue weighted by molar-refractivity contribution is 0.0416. The fraction of sp³-hybridized carbons (Fsp3) is 0.167. The standard InChI is InChI=1S/C18H15ClO2/c19-14-9-10-15-16(11-14)18(8-4-7-17(15)20)21-12-13-5-2-1-3-6-13/h1-7,9-11,18H,8,12H2. The molecular formula is C18H15ClO2. The van der Waals surface area contributed by atoms with Crippen molar-refractivity contribution >= 4 is 17.4 Å². The van der Waals surface area contributed by atoms with Gasteiger partial charge in [-0.1, -0.05) is 48.0 Å². The Morgan fingerprint density at radius 2 is 1.95 bits per heavy atom. The second kappa shape index (κ2) is 6.25. The van der Waals surface area contributed by atoms with E-state index in [1.165, 1.54) is 0 Å². The summed E-state index contributed by atoms with van der Waals surface area (Å²) in [6.45, 7) is 0.513. The summed E-state index contributed by atoms with van der Waals surface area (Å²) in [5.74, 6) is 0.00692. The van der Waals surface area contributed by atoms with Crippen LogP contribution in [0.25, 0.3) is 0 Å². The number of carbonyl (C=O) groups excluding carboxylic acids is 1. The quantitative estimate of drug-likeness (QED) is 0.818. The summed E-state index contributed by atoms with van der Waals surface area (Å²) in [5, 5.41) is 0.622. The monoisotopic (exact) mass is 298 g/mol. The van der Waals surface area contributed by atoms with Gasteiger partial charge in [0.25, 0.3) is 0 Å². The van der Waals surface area contributed by atoms with E-state index in [-0.39, 0.29) is 11.9 Å². The van der Waals surface area contributed by atoms with Gasteiger partial charge in [-0.2, -0.15) is 0 Å². The SMILES string of the molecule is O=C1C=CCC(OCc2ccccc2)c2cc(Cl)ccc21. The zero-order valence-corrected chi connectivity index (χ0v) is 12.2. The molecule has 106 valence electrons. The number of benzene rings is 2. The van der Waals surface area contributed by atoms with Gasteiger partial charge in [-0.25, -0.2) is 0 Å². The molecule has 1 aliphatic carbocycles. The van der Waals surface area contributed by atoms with E-state index in [1.54, 1.807) is 18.2 Å². The Hall–Kier alpha value is -1.90. The third kappa shape index (κ3) is 3.23. The third-order valence-corrected chi connectivity index (χ3v) is 3.77. The molecule has 2 aromatic carbocycles. The highest BCUT2D eigenvalue weighted by Crippen LogP contribution is 2.31. The van der Waals surface area contributed by atoms with Crippen molar-refractivity contribution in [3.05, 3.63) is 82.4 Å². The van der Waals surface area contributed by atoms with E-state index in [1.807, 2.05) is 42.5 Å². The van der Waals surface area contributed by atoms with Crippen molar-refractivity contribution in [1.82, 2.24) is 0 Å². The molecule has 0 saturated carbocycles. The van der Waals surface area contributed by atoms with Crippen LogP contribution in [0.5, 0.6) is 0 Å². The normalized spacial score (nSPS) is 17.4. The molecule has 0 aliphatic heterocycles. The van der Waals surface area contributed by atoms with E-state index in [0.717, 1.165) is 11.1 Å². The Labute approximate surface area is 129 Å². The number of rotatable bonds is 3. The molecule has 1 aliphatic rings. The Balaban J connectivity index is 1.85. The fourth-order valence-corrected chi connectivity index (χ4v) is 2.65. The average molecular weight is 299 g/mol. The molecule has 0 N–H and O–H groups in total. The summed E-state index contributed by atoms with van der Waals surface area (Å²) in [6.07, 6.45) is 4.00. The van der Waals surface area contributed by atoms with Crippen LogP contribution >= 0.6 is 11.6 Å². The molecule has 0 bridgehead atoms. The van der Waals surface area contributed by atoms with Crippen molar-refractivity contribution in [2.75, 3.05) is 0 Å². The number of halogens is 1. The zero-order valence-electron chi connectivity index (χ0n) is 11.5. The van der Waals surface area contributed by atoms with Crippen LogP contribution in [0.2, 0.25) is 5.02 Å². The maximum atomic E-state index is 12.1. The summed E-state index contributed by atoms with van der Waals surface area (Å²) in [5.41, 5.74) is 2.65. The van der Waals surface area contributed by atoms with Crippen LogP contribution in [0, 0.1) is 0 Å². The molecule has 0 aromatic heterocycles. The largest absolute Gasteiger partial charge is 0.369 e. The maximum Gasteiger partial charge on any atom is 0.185 e. The Kier molecular flexibility index (Phi) is 4.18. The minimum Gasteiger partial charge on any atom is -0.369 e. The molecular weight excluding hydrogens is 284 g/mol. The van der Waals surface area contributed by atoms with Crippen LogP contribution in [-0.2, 0) is 11.3 Å². The molecule has 3 heteroatoms. The van der Waals surface area contributed by atoms with Gasteiger partial charge in [-0.15, -0.1) is 0 Å². The molecule has 1 atom stereocenters. The number of hydrogen-bond donors (Lipinski definition) is 0. The van der Waals surface area contributed by atoms with E-state index in [9.17, 15) is 4.79 Å². The van der Waals surface area contributed by atoms with Crippen LogP contribution in [0.3, 0.4) is 0 Å². The average Bonchev–Trinajstić information content (AvgIpc) is 2.65. The fourth-order valence-electron chi connectivity index (χ4n) is 2.47. The summed E-state index contributed by atoms with van der Waals surface area (Å²) in [7, 11) is 0. The maximum absolute atomic E-state index is 12.1. The number of hydrogen-bond acceptors (Lipinski definition) is 2. The highest BCUT2D eigenvalue weighted by atomic mass is 35.5. The number of ether oxygens (including phenoxy) is 1. The number of ketones is 1. The van der Waals surface area contributed by atoms with Gasteiger partial charge in [-0.05, 0) is 41.8 Å². The minimum absolute atomic E-state index is 0.00692. The van der Waals surface area contributed by atoms with E-state index in [2.05, 4.69) is 0 Å². The van der Waals surface area contributed by atoms with Gasteiger partial charge < -0.3 is 4.74 Å². The molecule has 0 spiro atoms. The topological polar surface area (TPSA) is 26.3 Å². The first-order valence-corrected chi connectivity index (χ1v) is 7.27. The number of allylic oxidation sites excluding steroid dienone is 1. The van der Waals surface area contributed by atoms with E-state index >= 15 is 0 Å². The van der Waals surface area contributed by atoms with Gasteiger partial charge in [0.05, 0.1) is 12.7 Å². The molecule has 0 fully saturated rings. The lowest BCUT2D eigenvalue weighted by atomic mass is 10.00. The number of carbonyl (C=O) groups is 1. The first-order valence-electron chi connectivity index (χ1n) is 6.90. The summed E-state index contributed by atoms with van der Waals surface area (Å²) in [6, 6.07) is 15.3. The van der Waals surface area contributed by atoms with Crippen LogP contribution < -0.4 is 0 Å². The van der Waals surface area contributed by atoms with Crippen LogP contribution in [0.15, 0.2) is 60.7 Å². The molecule has 2 aromatic rings. The van der Waals surface area contributed by atoms with E-state index in [0.29, 0.717) is 23.6 Å². The first kappa shape index (κ1) is 14.1. The number of fused-ring (bicyclic) bond motifs is 1. The molecule has 0 saturated heterocycles. The van der Waals surface area contributed by atoms with Crippen molar-refractivity contribution in [2.45, 2.75) is 19.1 Å². The lowest BCUT2D eigenvalue weighted by Crippen LogP contribution is -2.07. The van der Waals surface area contributed by atoms with Gasteiger partial charge >= 0.3 is 0 Å². The van der Waals surface area contributed by atoms with Crippen molar-refractivity contribution in [1.29, 1.82) is 0 Å². The molecule has 1 unspecified atom stereocenters. The molecule has 0 amide bonds. The second-order valence-electron chi connectivity index (χ2n) is 5.02. The summed E-state index contributed by atoms with van der Waals surface area (Å²) in [4.78, 5) is 12.1. The van der Waals surface area contributed by atoms with Gasteiger partial charge in [-0.3, -0.25) is 4.79 Å². The van der Waals surface area contributed by atoms with Gasteiger partial charge in [0.2, 0.25) is 0 Å². The summed E-state index contributed by atoms with van der Waals surface area (Å²) >= 11 is 6.07. The third-order valence-electron chi connectivity index (χ3n) is 3.54. The molecule has 3 rings (SSSR count). The molecule has 0 heterocycles. The Bertz CT molecular complexity index is 677. The first-order chi connectivity index (χ1) is 10.2. The van der Waals surface area contributed by atoms with Gasteiger partial charge in [0.1, 0.15) is 0 Å². The highest BCUT2D eigenvalue weighted by Gasteiger charge is 2.21. The van der Waals surface area contributed by atoms with Crippen molar-refractivity contribution in [3.63, 3.8) is 0 Å². The minimum atomic E-state index is -0.151. The van der Waals surface area contributed by atoms with Gasteiger partial charge in [0, 0.05) is 10.6 Å². The predicted molar refractivity (Wildman–Crippen MR) is 83.5 cm³/mol. The van der Waals surface area contributed by atoms with Crippen LogP contribution in [0.1, 0.15) is 34.0 Å². The summed E-state index contributed by atoms with van der Waals surface area (Å²) < 4.78 is 6.02. The smallest absolute Gasteiger partial charge is 0.185 e.